The summed E-state index contributed by atoms with van der Waals surface area (Å²) < 4.78 is 26.3. The number of halogens is 6. The molecule has 0 fully saturated rings. The predicted octanol–water partition coefficient (Wildman–Crippen LogP) is 6.60. The minimum atomic E-state index is -0.965. The smallest absolute Gasteiger partial charge is 0.160 e. The van der Waals surface area contributed by atoms with Gasteiger partial charge in [0.2, 0.25) is 0 Å². The molecular weight excluding hydrogens is 392 g/mol. The van der Waals surface area contributed by atoms with Crippen LogP contribution in [-0.4, -0.2) is 0 Å². The Balaban J connectivity index is 2.25. The molecule has 1 unspecified atom stereocenters. The molecule has 0 aliphatic carbocycles. The fraction of sp³-hybridized carbons (Fsp3) is 0.143. The molecule has 2 rings (SSSR count). The van der Waals surface area contributed by atoms with Crippen molar-refractivity contribution in [3.63, 3.8) is 0 Å². The van der Waals surface area contributed by atoms with Gasteiger partial charge in [-0.25, -0.2) is 8.78 Å². The first-order valence-electron chi connectivity index (χ1n) is 5.61. The monoisotopic (exact) mass is 398 g/mol. The lowest BCUT2D eigenvalue weighted by molar-refractivity contribution is 0.507. The second-order valence-electron chi connectivity index (χ2n) is 4.21. The maximum atomic E-state index is 13.3. The minimum Gasteiger partial charge on any atom is -0.204 e. The van der Waals surface area contributed by atoms with Gasteiger partial charge in [-0.15, -0.1) is 0 Å². The first-order chi connectivity index (χ1) is 9.38. The Morgan fingerprint density at radius 1 is 0.900 bits per heavy atom. The summed E-state index contributed by atoms with van der Waals surface area (Å²) >= 11 is 21.1. The maximum absolute atomic E-state index is 13.3. The largest absolute Gasteiger partial charge is 0.204 e. The van der Waals surface area contributed by atoms with Gasteiger partial charge >= 0.3 is 0 Å². The molecule has 0 bridgehead atoms. The van der Waals surface area contributed by atoms with E-state index in [4.69, 9.17) is 34.8 Å². The molecule has 2 aromatic carbocycles. The van der Waals surface area contributed by atoms with E-state index in [0.717, 1.165) is 17.7 Å². The van der Waals surface area contributed by atoms with E-state index in [9.17, 15) is 8.78 Å². The van der Waals surface area contributed by atoms with Crippen molar-refractivity contribution in [3.8, 4) is 0 Å². The van der Waals surface area contributed by atoms with Gasteiger partial charge in [0.05, 0.1) is 10.0 Å². The lowest BCUT2D eigenvalue weighted by atomic mass is 10.0. The van der Waals surface area contributed by atoms with E-state index in [2.05, 4.69) is 15.9 Å². The molecule has 0 amide bonds. The van der Waals surface area contributed by atoms with Crippen LogP contribution in [0.15, 0.2) is 30.3 Å². The second kappa shape index (κ2) is 6.61. The molecule has 6 heteroatoms. The first kappa shape index (κ1) is 16.0. The van der Waals surface area contributed by atoms with Crippen molar-refractivity contribution in [2.75, 3.05) is 0 Å². The van der Waals surface area contributed by atoms with Crippen LogP contribution < -0.4 is 0 Å². The molecule has 2 aromatic rings. The third kappa shape index (κ3) is 3.64. The molecule has 0 radical (unpaired) electrons. The van der Waals surface area contributed by atoms with Crippen molar-refractivity contribution in [1.82, 2.24) is 0 Å². The Bertz CT molecular complexity index is 647. The van der Waals surface area contributed by atoms with E-state index in [1.807, 2.05) is 6.07 Å². The maximum Gasteiger partial charge on any atom is 0.160 e. The molecule has 0 saturated carbocycles. The van der Waals surface area contributed by atoms with Crippen LogP contribution in [0.25, 0.3) is 0 Å². The molecule has 0 aliphatic rings. The van der Waals surface area contributed by atoms with Gasteiger partial charge in [0.25, 0.3) is 0 Å². The standard InChI is InChI=1S/C14H8BrCl3F2/c15-9(3-7-1-2-10(16)12(18)4-7)8-5-13(19)14(20)6-11(8)17/h1-2,4-6,9H,3H2. The molecule has 1 atom stereocenters. The van der Waals surface area contributed by atoms with E-state index in [-0.39, 0.29) is 9.85 Å². The number of rotatable bonds is 3. The predicted molar refractivity (Wildman–Crippen MR) is 83.2 cm³/mol. The van der Waals surface area contributed by atoms with Crippen molar-refractivity contribution in [2.24, 2.45) is 0 Å². The molecule has 0 nitrogen and oxygen atoms in total. The molecule has 0 N–H and O–H groups in total. The lowest BCUT2D eigenvalue weighted by Gasteiger charge is -2.13. The molecule has 0 saturated heterocycles. The van der Waals surface area contributed by atoms with Crippen LogP contribution in [0.1, 0.15) is 16.0 Å². The minimum absolute atomic E-state index is 0.172. The summed E-state index contributed by atoms with van der Waals surface area (Å²) in [6.45, 7) is 0. The Kier molecular flexibility index (Phi) is 5.30. The van der Waals surface area contributed by atoms with Crippen molar-refractivity contribution in [2.45, 2.75) is 11.2 Å². The Hall–Kier alpha value is -0.350. The highest BCUT2D eigenvalue weighted by molar-refractivity contribution is 9.09. The highest BCUT2D eigenvalue weighted by atomic mass is 79.9. The molecule has 0 spiro atoms. The third-order valence-corrected chi connectivity index (χ3v) is 4.66. The van der Waals surface area contributed by atoms with Crippen LogP contribution in [0.5, 0.6) is 0 Å². The number of hydrogen-bond donors (Lipinski definition) is 0. The number of benzene rings is 2. The summed E-state index contributed by atoms with van der Waals surface area (Å²) in [5, 5.41) is 1.08. The van der Waals surface area contributed by atoms with Gasteiger partial charge in [-0.1, -0.05) is 56.8 Å². The van der Waals surface area contributed by atoms with Crippen LogP contribution in [0.3, 0.4) is 0 Å². The topological polar surface area (TPSA) is 0 Å². The van der Waals surface area contributed by atoms with Gasteiger partial charge in [0.1, 0.15) is 0 Å². The zero-order chi connectivity index (χ0) is 14.9. The van der Waals surface area contributed by atoms with E-state index in [0.29, 0.717) is 22.0 Å². The molecule has 0 heterocycles. The van der Waals surface area contributed by atoms with Crippen LogP contribution in [0.4, 0.5) is 8.78 Å². The van der Waals surface area contributed by atoms with Gasteiger partial charge in [-0.3, -0.25) is 0 Å². The SMILES string of the molecule is Fc1cc(Cl)c(C(Br)Cc2ccc(Cl)c(Cl)c2)cc1F. The summed E-state index contributed by atoms with van der Waals surface area (Å²) in [6, 6.07) is 7.29. The van der Waals surface area contributed by atoms with Gasteiger partial charge < -0.3 is 0 Å². The highest BCUT2D eigenvalue weighted by Crippen LogP contribution is 2.34. The van der Waals surface area contributed by atoms with Crippen molar-refractivity contribution in [3.05, 3.63) is 68.2 Å². The molecule has 0 aromatic heterocycles. The summed E-state index contributed by atoms with van der Waals surface area (Å²) in [4.78, 5) is -0.262. The van der Waals surface area contributed by atoms with E-state index in [1.54, 1.807) is 12.1 Å². The lowest BCUT2D eigenvalue weighted by Crippen LogP contribution is -1.99. The quantitative estimate of drug-likeness (QED) is 0.402. The van der Waals surface area contributed by atoms with E-state index >= 15 is 0 Å². The summed E-state index contributed by atoms with van der Waals surface area (Å²) in [5.74, 6) is -1.89. The Labute approximate surface area is 138 Å². The van der Waals surface area contributed by atoms with Crippen molar-refractivity contribution >= 4 is 50.7 Å². The average Bonchev–Trinajstić information content (AvgIpc) is 2.38. The molecule has 106 valence electrons. The van der Waals surface area contributed by atoms with Crippen molar-refractivity contribution in [1.29, 1.82) is 0 Å². The Morgan fingerprint density at radius 2 is 1.55 bits per heavy atom. The molecule has 20 heavy (non-hydrogen) atoms. The average molecular weight is 400 g/mol. The fourth-order valence-corrected chi connectivity index (χ4v) is 3.25. The van der Waals surface area contributed by atoms with Gasteiger partial charge in [-0.2, -0.15) is 0 Å². The summed E-state index contributed by atoms with van der Waals surface area (Å²) in [7, 11) is 0. The van der Waals surface area contributed by atoms with Crippen LogP contribution in [0.2, 0.25) is 15.1 Å². The summed E-state index contributed by atoms with van der Waals surface area (Å²) in [6.07, 6.45) is 0.516. The second-order valence-corrected chi connectivity index (χ2v) is 6.53. The number of hydrogen-bond acceptors (Lipinski definition) is 0. The zero-order valence-electron chi connectivity index (χ0n) is 9.94. The van der Waals surface area contributed by atoms with Crippen LogP contribution in [0, 0.1) is 11.6 Å². The zero-order valence-corrected chi connectivity index (χ0v) is 13.8. The van der Waals surface area contributed by atoms with E-state index in [1.165, 1.54) is 0 Å². The molecular formula is C14H8BrCl3F2. The van der Waals surface area contributed by atoms with Gasteiger partial charge in [0, 0.05) is 9.85 Å². The summed E-state index contributed by atoms with van der Waals surface area (Å²) in [5.41, 5.74) is 1.39. The van der Waals surface area contributed by atoms with Crippen LogP contribution in [-0.2, 0) is 6.42 Å². The molecule has 0 aliphatic heterocycles. The highest BCUT2D eigenvalue weighted by Gasteiger charge is 2.16. The van der Waals surface area contributed by atoms with E-state index < -0.39 is 11.6 Å². The van der Waals surface area contributed by atoms with Crippen LogP contribution >= 0.6 is 50.7 Å². The fourth-order valence-electron chi connectivity index (χ4n) is 1.76. The number of alkyl halides is 1. The Morgan fingerprint density at radius 3 is 2.20 bits per heavy atom. The van der Waals surface area contributed by atoms with Crippen molar-refractivity contribution < 1.29 is 8.78 Å². The van der Waals surface area contributed by atoms with Gasteiger partial charge in [-0.05, 0) is 41.8 Å². The first-order valence-corrected chi connectivity index (χ1v) is 7.66. The third-order valence-electron chi connectivity index (χ3n) is 2.78. The van der Waals surface area contributed by atoms with Gasteiger partial charge in [0.15, 0.2) is 11.6 Å². The normalized spacial score (nSPS) is 12.5.